The lowest BCUT2D eigenvalue weighted by Gasteiger charge is -2.28. The van der Waals surface area contributed by atoms with Gasteiger partial charge in [-0.15, -0.1) is 0 Å². The summed E-state index contributed by atoms with van der Waals surface area (Å²) in [6.45, 7) is 2.76. The van der Waals surface area contributed by atoms with Crippen molar-refractivity contribution in [3.05, 3.63) is 29.6 Å². The van der Waals surface area contributed by atoms with Crippen molar-refractivity contribution in [3.63, 3.8) is 0 Å². The second-order valence-electron chi connectivity index (χ2n) is 4.99. The Labute approximate surface area is 116 Å². The lowest BCUT2D eigenvalue weighted by atomic mass is 10.0. The average Bonchev–Trinajstić information content (AvgIpc) is 2.26. The molecule has 1 rings (SSSR count). The van der Waals surface area contributed by atoms with E-state index >= 15 is 0 Å². The highest BCUT2D eigenvalue weighted by atomic mass is 19.4. The third kappa shape index (κ3) is 5.36. The molecule has 0 fully saturated rings. The van der Waals surface area contributed by atoms with Crippen LogP contribution in [0.1, 0.15) is 25.8 Å². The Bertz CT molecular complexity index is 430. The Morgan fingerprint density at radius 1 is 1.30 bits per heavy atom. The van der Waals surface area contributed by atoms with Gasteiger partial charge in [-0.3, -0.25) is 0 Å². The smallest absolute Gasteiger partial charge is 0.362 e. The maximum atomic E-state index is 13.3. The Kier molecular flexibility index (Phi) is 5.80. The summed E-state index contributed by atoms with van der Waals surface area (Å²) in [5.74, 6) is -0.465. The van der Waals surface area contributed by atoms with Gasteiger partial charge in [0.1, 0.15) is 12.4 Å². The van der Waals surface area contributed by atoms with Gasteiger partial charge in [-0.2, -0.15) is 13.2 Å². The number of hydrogen-bond acceptors (Lipinski definition) is 2. The first-order valence-corrected chi connectivity index (χ1v) is 6.58. The maximum Gasteiger partial charge on any atom is 0.405 e. The lowest BCUT2D eigenvalue weighted by Crippen LogP contribution is -2.36. The number of nitrogens with zero attached hydrogens (tertiary/aromatic N) is 1. The zero-order chi connectivity index (χ0) is 15.3. The minimum Gasteiger partial charge on any atom is -0.362 e. The molecule has 1 aromatic carbocycles. The van der Waals surface area contributed by atoms with Gasteiger partial charge in [0.05, 0.1) is 0 Å². The topological polar surface area (TPSA) is 29.3 Å². The van der Waals surface area contributed by atoms with Crippen molar-refractivity contribution in [3.8, 4) is 0 Å². The van der Waals surface area contributed by atoms with E-state index in [9.17, 15) is 17.6 Å². The van der Waals surface area contributed by atoms with E-state index in [-0.39, 0.29) is 12.6 Å². The molecule has 0 radical (unpaired) electrons. The van der Waals surface area contributed by atoms with Gasteiger partial charge in [0.2, 0.25) is 0 Å². The fourth-order valence-electron chi connectivity index (χ4n) is 2.14. The largest absolute Gasteiger partial charge is 0.405 e. The van der Waals surface area contributed by atoms with Gasteiger partial charge in [-0.25, -0.2) is 4.39 Å². The van der Waals surface area contributed by atoms with E-state index < -0.39 is 18.5 Å². The summed E-state index contributed by atoms with van der Waals surface area (Å²) in [4.78, 5) is 1.23. The van der Waals surface area contributed by atoms with Crippen LogP contribution in [0, 0.1) is 5.82 Å². The van der Waals surface area contributed by atoms with E-state index in [0.29, 0.717) is 24.1 Å². The average molecular weight is 292 g/mol. The molecule has 0 saturated carbocycles. The van der Waals surface area contributed by atoms with Crippen LogP contribution in [0.5, 0.6) is 0 Å². The Hall–Kier alpha value is -1.30. The van der Waals surface area contributed by atoms with Crippen molar-refractivity contribution in [2.45, 2.75) is 38.9 Å². The first kappa shape index (κ1) is 16.8. The predicted molar refractivity (Wildman–Crippen MR) is 72.3 cm³/mol. The number of nitrogens with two attached hydrogens (primary N) is 1. The summed E-state index contributed by atoms with van der Waals surface area (Å²) in [5, 5.41) is 0. The Balaban J connectivity index is 3.11. The monoisotopic (exact) mass is 292 g/mol. The molecule has 0 aliphatic rings. The number of halogens is 4. The van der Waals surface area contributed by atoms with Crippen molar-refractivity contribution in [2.75, 3.05) is 18.0 Å². The molecule has 0 aromatic heterocycles. The van der Waals surface area contributed by atoms with E-state index in [4.69, 9.17) is 5.73 Å². The molecule has 0 heterocycles. The number of alkyl halides is 3. The maximum absolute atomic E-state index is 13.3. The molecule has 0 spiro atoms. The van der Waals surface area contributed by atoms with E-state index in [2.05, 4.69) is 0 Å². The number of anilines is 1. The van der Waals surface area contributed by atoms with Gasteiger partial charge in [0.15, 0.2) is 0 Å². The third-order valence-corrected chi connectivity index (χ3v) is 2.79. The molecular weight excluding hydrogens is 272 g/mol. The highest BCUT2D eigenvalue weighted by Gasteiger charge is 2.31. The van der Waals surface area contributed by atoms with Crippen LogP contribution in [-0.2, 0) is 6.42 Å². The molecule has 0 aliphatic carbocycles. The van der Waals surface area contributed by atoms with Crippen molar-refractivity contribution in [2.24, 2.45) is 5.73 Å². The van der Waals surface area contributed by atoms with Gasteiger partial charge in [-0.1, -0.05) is 6.92 Å². The standard InChI is InChI=1S/C14H20F4N2/c1-3-6-20(9-14(16,17)18)13-5-4-12(15)8-11(13)7-10(2)19/h4-5,8,10H,3,6-7,9,19H2,1-2H3. The van der Waals surface area contributed by atoms with Crippen LogP contribution in [0.15, 0.2) is 18.2 Å². The fourth-order valence-corrected chi connectivity index (χ4v) is 2.14. The van der Waals surface area contributed by atoms with Crippen molar-refractivity contribution < 1.29 is 17.6 Å². The van der Waals surface area contributed by atoms with Crippen LogP contribution in [-0.4, -0.2) is 25.3 Å². The molecule has 1 aromatic rings. The van der Waals surface area contributed by atoms with Crippen LogP contribution in [0.4, 0.5) is 23.2 Å². The molecule has 0 amide bonds. The summed E-state index contributed by atoms with van der Waals surface area (Å²) in [5.41, 5.74) is 6.60. The molecule has 0 bridgehead atoms. The van der Waals surface area contributed by atoms with Gasteiger partial charge in [-0.05, 0) is 43.5 Å². The van der Waals surface area contributed by atoms with Gasteiger partial charge in [0, 0.05) is 18.3 Å². The second kappa shape index (κ2) is 6.92. The van der Waals surface area contributed by atoms with Crippen LogP contribution >= 0.6 is 0 Å². The van der Waals surface area contributed by atoms with Gasteiger partial charge < -0.3 is 10.6 Å². The SMILES string of the molecule is CCCN(CC(F)(F)F)c1ccc(F)cc1CC(C)N. The van der Waals surface area contributed by atoms with Crippen LogP contribution in [0.25, 0.3) is 0 Å². The second-order valence-corrected chi connectivity index (χ2v) is 4.99. The quantitative estimate of drug-likeness (QED) is 0.813. The molecular formula is C14H20F4N2. The summed E-state index contributed by atoms with van der Waals surface area (Å²) in [6, 6.07) is 3.59. The van der Waals surface area contributed by atoms with E-state index in [1.165, 1.54) is 23.1 Å². The molecule has 0 aliphatic heterocycles. The van der Waals surface area contributed by atoms with Crippen molar-refractivity contribution in [1.29, 1.82) is 0 Å². The van der Waals surface area contributed by atoms with Crippen LogP contribution < -0.4 is 10.6 Å². The van der Waals surface area contributed by atoms with E-state index in [1.54, 1.807) is 13.8 Å². The fraction of sp³-hybridized carbons (Fsp3) is 0.571. The highest BCUT2D eigenvalue weighted by molar-refractivity contribution is 5.54. The normalized spacial score (nSPS) is 13.3. The summed E-state index contributed by atoms with van der Waals surface area (Å²) >= 11 is 0. The zero-order valence-electron chi connectivity index (χ0n) is 11.7. The molecule has 1 atom stereocenters. The molecule has 2 nitrogen and oxygen atoms in total. The molecule has 114 valence electrons. The summed E-state index contributed by atoms with van der Waals surface area (Å²) in [6.07, 6.45) is -3.38. The third-order valence-electron chi connectivity index (χ3n) is 2.79. The summed E-state index contributed by atoms with van der Waals surface area (Å²) in [7, 11) is 0. The van der Waals surface area contributed by atoms with Crippen LogP contribution in [0.3, 0.4) is 0 Å². The van der Waals surface area contributed by atoms with Crippen molar-refractivity contribution in [1.82, 2.24) is 0 Å². The minimum atomic E-state index is -4.30. The summed E-state index contributed by atoms with van der Waals surface area (Å²) < 4.78 is 51.2. The predicted octanol–water partition coefficient (Wildman–Crippen LogP) is 3.49. The van der Waals surface area contributed by atoms with Crippen molar-refractivity contribution >= 4 is 5.69 Å². The first-order chi connectivity index (χ1) is 9.23. The van der Waals surface area contributed by atoms with Crippen LogP contribution in [0.2, 0.25) is 0 Å². The first-order valence-electron chi connectivity index (χ1n) is 6.58. The Morgan fingerprint density at radius 2 is 1.95 bits per heavy atom. The highest BCUT2D eigenvalue weighted by Crippen LogP contribution is 2.27. The number of benzene rings is 1. The van der Waals surface area contributed by atoms with E-state index in [1.807, 2.05) is 0 Å². The molecule has 1 unspecified atom stereocenters. The lowest BCUT2D eigenvalue weighted by molar-refractivity contribution is -0.119. The molecule has 2 N–H and O–H groups in total. The van der Waals surface area contributed by atoms with Gasteiger partial charge in [0.25, 0.3) is 0 Å². The van der Waals surface area contributed by atoms with Gasteiger partial charge >= 0.3 is 6.18 Å². The molecule has 6 heteroatoms. The molecule has 0 saturated heterocycles. The Morgan fingerprint density at radius 3 is 2.45 bits per heavy atom. The zero-order valence-corrected chi connectivity index (χ0v) is 11.7. The number of hydrogen-bond donors (Lipinski definition) is 1. The van der Waals surface area contributed by atoms with E-state index in [0.717, 1.165) is 0 Å². The molecule has 20 heavy (non-hydrogen) atoms. The number of rotatable bonds is 6. The minimum absolute atomic E-state index is 0.245.